The summed E-state index contributed by atoms with van der Waals surface area (Å²) < 4.78 is 0. The lowest BCUT2D eigenvalue weighted by molar-refractivity contribution is 0.766. The van der Waals surface area contributed by atoms with Gasteiger partial charge in [-0.3, -0.25) is 0 Å². The number of rotatable bonds is 4. The van der Waals surface area contributed by atoms with Crippen LogP contribution < -0.4 is 0 Å². The van der Waals surface area contributed by atoms with E-state index < -0.39 is 0 Å². The number of hydrogen-bond acceptors (Lipinski definition) is 0. The predicted octanol–water partition coefficient (Wildman–Crippen LogP) is 7.17. The van der Waals surface area contributed by atoms with Gasteiger partial charge in [-0.25, -0.2) is 0 Å². The van der Waals surface area contributed by atoms with Crippen LogP contribution in [0.3, 0.4) is 0 Å². The molecule has 0 spiro atoms. The standard InChI is InChI=1S/C29H26/c1-3-21-13-17-23(18-14-21)29(24-19-15-22(4-2)16-20-24)27-11-7-5-9-25(27)26-10-6-8-12-28(26)29/h5-20H,3-4H2,1-2H3. The van der Waals surface area contributed by atoms with Gasteiger partial charge in [0.25, 0.3) is 0 Å². The summed E-state index contributed by atoms with van der Waals surface area (Å²) in [6.45, 7) is 4.43. The molecule has 1 aliphatic rings. The number of fused-ring (bicyclic) bond motifs is 3. The SMILES string of the molecule is CCc1ccc(C2(c3ccc(CC)cc3)c3ccccc3-c3ccccc32)cc1. The van der Waals surface area contributed by atoms with Gasteiger partial charge >= 0.3 is 0 Å². The molecule has 29 heavy (non-hydrogen) atoms. The zero-order valence-corrected chi connectivity index (χ0v) is 17.2. The highest BCUT2D eigenvalue weighted by atomic mass is 14.5. The molecule has 0 radical (unpaired) electrons. The molecule has 0 saturated heterocycles. The Kier molecular flexibility index (Phi) is 4.36. The largest absolute Gasteiger partial charge is 0.0713 e. The van der Waals surface area contributed by atoms with Crippen molar-refractivity contribution in [3.63, 3.8) is 0 Å². The molecule has 4 aromatic carbocycles. The highest BCUT2D eigenvalue weighted by Crippen LogP contribution is 2.55. The Balaban J connectivity index is 1.88. The molecule has 0 heterocycles. The Labute approximate surface area is 173 Å². The van der Waals surface area contributed by atoms with Crippen molar-refractivity contribution in [2.75, 3.05) is 0 Å². The maximum Gasteiger partial charge on any atom is 0.0713 e. The summed E-state index contributed by atoms with van der Waals surface area (Å²) in [5.74, 6) is 0. The molecule has 0 amide bonds. The van der Waals surface area contributed by atoms with Gasteiger partial charge in [0, 0.05) is 0 Å². The fraction of sp³-hybridized carbons (Fsp3) is 0.172. The highest BCUT2D eigenvalue weighted by Gasteiger charge is 2.45. The molecule has 0 bridgehead atoms. The summed E-state index contributed by atoms with van der Waals surface area (Å²) in [6, 6.07) is 36.4. The van der Waals surface area contributed by atoms with Gasteiger partial charge in [-0.2, -0.15) is 0 Å². The fourth-order valence-corrected chi connectivity index (χ4v) is 5.00. The number of hydrogen-bond donors (Lipinski definition) is 0. The van der Waals surface area contributed by atoms with E-state index >= 15 is 0 Å². The number of aryl methyl sites for hydroxylation is 2. The molecule has 0 aliphatic heterocycles. The summed E-state index contributed by atoms with van der Waals surface area (Å²) in [5.41, 5.74) is 10.6. The van der Waals surface area contributed by atoms with E-state index in [2.05, 4.69) is 111 Å². The van der Waals surface area contributed by atoms with Crippen molar-refractivity contribution >= 4 is 0 Å². The minimum Gasteiger partial charge on any atom is -0.0619 e. The Morgan fingerprint density at radius 2 is 0.862 bits per heavy atom. The first-order chi connectivity index (χ1) is 14.3. The van der Waals surface area contributed by atoms with E-state index in [9.17, 15) is 0 Å². The van der Waals surface area contributed by atoms with E-state index in [0.717, 1.165) is 12.8 Å². The van der Waals surface area contributed by atoms with Crippen LogP contribution in [0, 0.1) is 0 Å². The molecule has 5 rings (SSSR count). The van der Waals surface area contributed by atoms with Gasteiger partial charge in [-0.1, -0.05) is 111 Å². The van der Waals surface area contributed by atoms with Crippen molar-refractivity contribution in [3.05, 3.63) is 130 Å². The minimum atomic E-state index is -0.272. The molecule has 0 nitrogen and oxygen atoms in total. The third kappa shape index (κ3) is 2.59. The molecule has 0 atom stereocenters. The van der Waals surface area contributed by atoms with E-state index in [4.69, 9.17) is 0 Å². The molecule has 0 heteroatoms. The molecule has 0 fully saturated rings. The Morgan fingerprint density at radius 3 is 1.24 bits per heavy atom. The molecule has 4 aromatic rings. The lowest BCUT2D eigenvalue weighted by Gasteiger charge is -2.34. The van der Waals surface area contributed by atoms with E-state index in [1.54, 1.807) is 0 Å². The Bertz CT molecular complexity index is 1050. The quantitative estimate of drug-likeness (QED) is 0.313. The van der Waals surface area contributed by atoms with Crippen molar-refractivity contribution < 1.29 is 0 Å². The maximum absolute atomic E-state index is 2.34. The third-order valence-corrected chi connectivity index (χ3v) is 6.54. The topological polar surface area (TPSA) is 0 Å². The summed E-state index contributed by atoms with van der Waals surface area (Å²) in [4.78, 5) is 0. The van der Waals surface area contributed by atoms with Crippen LogP contribution in [0.5, 0.6) is 0 Å². The Morgan fingerprint density at radius 1 is 0.483 bits per heavy atom. The smallest absolute Gasteiger partial charge is 0.0619 e. The van der Waals surface area contributed by atoms with Crippen LogP contribution in [-0.2, 0) is 18.3 Å². The second kappa shape index (κ2) is 7.04. The molecule has 1 aliphatic carbocycles. The molecule has 142 valence electrons. The van der Waals surface area contributed by atoms with Gasteiger partial charge in [-0.15, -0.1) is 0 Å². The van der Waals surface area contributed by atoms with Crippen LogP contribution in [-0.4, -0.2) is 0 Å². The lowest BCUT2D eigenvalue weighted by Crippen LogP contribution is -2.28. The second-order valence-electron chi connectivity index (χ2n) is 7.94. The zero-order chi connectivity index (χ0) is 19.8. The van der Waals surface area contributed by atoms with Crippen LogP contribution in [0.1, 0.15) is 47.2 Å². The van der Waals surface area contributed by atoms with E-state index in [0.29, 0.717) is 0 Å². The summed E-state index contributed by atoms with van der Waals surface area (Å²) in [7, 11) is 0. The average molecular weight is 375 g/mol. The lowest BCUT2D eigenvalue weighted by atomic mass is 9.67. The van der Waals surface area contributed by atoms with E-state index in [-0.39, 0.29) is 5.41 Å². The van der Waals surface area contributed by atoms with Crippen molar-refractivity contribution in [1.29, 1.82) is 0 Å². The molecule has 0 unspecified atom stereocenters. The van der Waals surface area contributed by atoms with Crippen LogP contribution >= 0.6 is 0 Å². The number of benzene rings is 4. The van der Waals surface area contributed by atoms with Gasteiger partial charge in [0.15, 0.2) is 0 Å². The van der Waals surface area contributed by atoms with Gasteiger partial charge in [0.2, 0.25) is 0 Å². The fourth-order valence-electron chi connectivity index (χ4n) is 5.00. The summed E-state index contributed by atoms with van der Waals surface area (Å²) in [6.07, 6.45) is 2.12. The van der Waals surface area contributed by atoms with Crippen LogP contribution in [0.25, 0.3) is 11.1 Å². The van der Waals surface area contributed by atoms with Gasteiger partial charge in [-0.05, 0) is 57.3 Å². The Hall–Kier alpha value is -3.12. The first-order valence-electron chi connectivity index (χ1n) is 10.7. The third-order valence-electron chi connectivity index (χ3n) is 6.54. The highest BCUT2D eigenvalue weighted by molar-refractivity contribution is 5.86. The van der Waals surface area contributed by atoms with Gasteiger partial charge in [0.1, 0.15) is 0 Å². The van der Waals surface area contributed by atoms with E-state index in [1.807, 2.05) is 0 Å². The second-order valence-corrected chi connectivity index (χ2v) is 7.94. The first-order valence-corrected chi connectivity index (χ1v) is 10.7. The van der Waals surface area contributed by atoms with Gasteiger partial charge < -0.3 is 0 Å². The summed E-state index contributed by atoms with van der Waals surface area (Å²) >= 11 is 0. The van der Waals surface area contributed by atoms with Crippen LogP contribution in [0.15, 0.2) is 97.1 Å². The zero-order valence-electron chi connectivity index (χ0n) is 17.2. The van der Waals surface area contributed by atoms with Crippen molar-refractivity contribution in [2.45, 2.75) is 32.1 Å². The molecular formula is C29H26. The van der Waals surface area contributed by atoms with Crippen molar-refractivity contribution in [3.8, 4) is 11.1 Å². The monoisotopic (exact) mass is 374 g/mol. The van der Waals surface area contributed by atoms with Crippen LogP contribution in [0.4, 0.5) is 0 Å². The molecule has 0 saturated carbocycles. The normalized spacial score (nSPS) is 13.7. The predicted molar refractivity (Wildman–Crippen MR) is 123 cm³/mol. The molecule has 0 N–H and O–H groups in total. The van der Waals surface area contributed by atoms with Crippen molar-refractivity contribution in [1.82, 2.24) is 0 Å². The van der Waals surface area contributed by atoms with Gasteiger partial charge in [0.05, 0.1) is 5.41 Å². The van der Waals surface area contributed by atoms with E-state index in [1.165, 1.54) is 44.5 Å². The maximum atomic E-state index is 2.34. The van der Waals surface area contributed by atoms with Crippen molar-refractivity contribution in [2.24, 2.45) is 0 Å². The molecular weight excluding hydrogens is 348 g/mol. The molecule has 0 aromatic heterocycles. The summed E-state index contributed by atoms with van der Waals surface area (Å²) in [5, 5.41) is 0. The average Bonchev–Trinajstić information content (AvgIpc) is 3.11. The minimum absolute atomic E-state index is 0.272. The van der Waals surface area contributed by atoms with Crippen LogP contribution in [0.2, 0.25) is 0 Å². The first kappa shape index (κ1) is 17.9.